The average molecular weight is 342 g/mol. The normalized spacial score (nSPS) is 11.0. The lowest BCUT2D eigenvalue weighted by atomic mass is 10.0. The summed E-state index contributed by atoms with van der Waals surface area (Å²) in [7, 11) is 0. The predicted octanol–water partition coefficient (Wildman–Crippen LogP) is 3.83. The number of hydrogen-bond donors (Lipinski definition) is 2. The smallest absolute Gasteiger partial charge is 0.138 e. The molecule has 3 N–H and O–H groups in total. The lowest BCUT2D eigenvalue weighted by Crippen LogP contribution is -2.09. The Morgan fingerprint density at radius 3 is 2.71 bits per heavy atom. The zero-order chi connectivity index (χ0) is 16.9. The molecule has 1 aromatic carbocycles. The maximum Gasteiger partial charge on any atom is 0.138 e. The Labute approximate surface area is 145 Å². The van der Waals surface area contributed by atoms with Gasteiger partial charge in [0.05, 0.1) is 12.0 Å². The molecule has 0 aliphatic heterocycles. The van der Waals surface area contributed by atoms with E-state index in [2.05, 4.69) is 34.3 Å². The number of nitrogens with zero attached hydrogens (tertiary/aromatic N) is 2. The van der Waals surface area contributed by atoms with E-state index in [0.29, 0.717) is 13.2 Å². The van der Waals surface area contributed by atoms with E-state index < -0.39 is 0 Å². The molecule has 2 aromatic heterocycles. The molecule has 0 saturated heterocycles. The molecular formula is C18H22N4OS. The maximum absolute atomic E-state index is 5.59. The third-order valence-electron chi connectivity index (χ3n) is 3.79. The highest BCUT2D eigenvalue weighted by molar-refractivity contribution is 7.19. The Morgan fingerprint density at radius 1 is 1.21 bits per heavy atom. The van der Waals surface area contributed by atoms with Crippen LogP contribution >= 0.6 is 11.3 Å². The zero-order valence-electron chi connectivity index (χ0n) is 14.0. The number of ether oxygens (including phenoxy) is 1. The molecule has 0 unspecified atom stereocenters. The Kier molecular flexibility index (Phi) is 5.27. The first-order chi connectivity index (χ1) is 11.7. The molecule has 3 aromatic rings. The summed E-state index contributed by atoms with van der Waals surface area (Å²) >= 11 is 1.69. The summed E-state index contributed by atoms with van der Waals surface area (Å²) in [6, 6.07) is 8.20. The lowest BCUT2D eigenvalue weighted by Gasteiger charge is -2.09. The second-order valence-corrected chi connectivity index (χ2v) is 6.67. The van der Waals surface area contributed by atoms with Crippen molar-refractivity contribution in [3.05, 3.63) is 35.5 Å². The second kappa shape index (κ2) is 7.59. The summed E-state index contributed by atoms with van der Waals surface area (Å²) in [6.07, 6.45) is 2.53. The van der Waals surface area contributed by atoms with E-state index in [0.717, 1.165) is 40.3 Å². The first-order valence-corrected chi connectivity index (χ1v) is 8.97. The molecule has 0 spiro atoms. The van der Waals surface area contributed by atoms with Crippen molar-refractivity contribution in [1.82, 2.24) is 9.97 Å². The fourth-order valence-electron chi connectivity index (χ4n) is 2.72. The molecule has 3 rings (SSSR count). The molecule has 24 heavy (non-hydrogen) atoms. The van der Waals surface area contributed by atoms with Gasteiger partial charge in [-0.15, -0.1) is 11.3 Å². The van der Waals surface area contributed by atoms with Crippen molar-refractivity contribution in [3.8, 4) is 16.9 Å². The third-order valence-corrected chi connectivity index (χ3v) is 4.80. The van der Waals surface area contributed by atoms with Crippen LogP contribution < -0.4 is 15.8 Å². The second-order valence-electron chi connectivity index (χ2n) is 5.46. The molecular weight excluding hydrogens is 320 g/mol. The summed E-state index contributed by atoms with van der Waals surface area (Å²) < 4.78 is 5.54. The van der Waals surface area contributed by atoms with Crippen molar-refractivity contribution in [2.75, 3.05) is 25.0 Å². The number of rotatable bonds is 7. The van der Waals surface area contributed by atoms with Crippen molar-refractivity contribution in [2.24, 2.45) is 5.73 Å². The van der Waals surface area contributed by atoms with Gasteiger partial charge in [0.2, 0.25) is 0 Å². The number of thiophene rings is 1. The largest absolute Gasteiger partial charge is 0.494 e. The van der Waals surface area contributed by atoms with Gasteiger partial charge in [-0.3, -0.25) is 0 Å². The van der Waals surface area contributed by atoms with Crippen LogP contribution in [0.4, 0.5) is 5.82 Å². The highest BCUT2D eigenvalue weighted by atomic mass is 32.1. The topological polar surface area (TPSA) is 73.1 Å². The van der Waals surface area contributed by atoms with Gasteiger partial charge in [0.1, 0.15) is 22.7 Å². The van der Waals surface area contributed by atoms with Gasteiger partial charge in [-0.05, 0) is 44.5 Å². The van der Waals surface area contributed by atoms with Crippen molar-refractivity contribution < 1.29 is 4.74 Å². The number of fused-ring (bicyclic) bond motifs is 1. The summed E-state index contributed by atoms with van der Waals surface area (Å²) in [5.74, 6) is 1.76. The Balaban J connectivity index is 2.04. The SMILES string of the molecule is CCOc1ccc(-c2c(C)sc3ncnc(NCCCN)c23)cc1. The van der Waals surface area contributed by atoms with Crippen molar-refractivity contribution in [2.45, 2.75) is 20.3 Å². The molecule has 0 aliphatic carbocycles. The number of nitrogens with one attached hydrogen (secondary N) is 1. The Hall–Kier alpha value is -2.18. The minimum Gasteiger partial charge on any atom is -0.494 e. The standard InChI is InChI=1S/C18H22N4OS/c1-3-23-14-7-5-13(6-8-14)15-12(2)24-18-16(15)17(21-11-22-18)20-10-4-9-19/h5-8,11H,3-4,9-10,19H2,1-2H3,(H,20,21,22). The summed E-state index contributed by atoms with van der Waals surface area (Å²) in [6.45, 7) is 6.25. The molecule has 5 nitrogen and oxygen atoms in total. The Morgan fingerprint density at radius 2 is 2.00 bits per heavy atom. The van der Waals surface area contributed by atoms with Crippen molar-refractivity contribution >= 4 is 27.4 Å². The molecule has 0 radical (unpaired) electrons. The van der Waals surface area contributed by atoms with Crippen molar-refractivity contribution in [3.63, 3.8) is 0 Å². The number of nitrogens with two attached hydrogens (primary N) is 1. The number of anilines is 1. The molecule has 0 aliphatic rings. The van der Waals surface area contributed by atoms with Crippen LogP contribution in [0.3, 0.4) is 0 Å². The summed E-state index contributed by atoms with van der Waals surface area (Å²) in [4.78, 5) is 11.1. The van der Waals surface area contributed by atoms with Gasteiger partial charge in [-0.25, -0.2) is 9.97 Å². The van der Waals surface area contributed by atoms with E-state index in [4.69, 9.17) is 10.5 Å². The van der Waals surface area contributed by atoms with E-state index >= 15 is 0 Å². The third kappa shape index (κ3) is 3.34. The van der Waals surface area contributed by atoms with Crippen LogP contribution in [0.2, 0.25) is 0 Å². The fraction of sp³-hybridized carbons (Fsp3) is 0.333. The highest BCUT2D eigenvalue weighted by Gasteiger charge is 2.16. The monoisotopic (exact) mass is 342 g/mol. The van der Waals surface area contributed by atoms with Crippen LogP contribution in [0.1, 0.15) is 18.2 Å². The first-order valence-electron chi connectivity index (χ1n) is 8.15. The molecule has 126 valence electrons. The minimum absolute atomic E-state index is 0.662. The van der Waals surface area contributed by atoms with Crippen LogP contribution in [0.5, 0.6) is 5.75 Å². The maximum atomic E-state index is 5.59. The minimum atomic E-state index is 0.662. The van der Waals surface area contributed by atoms with E-state index in [-0.39, 0.29) is 0 Å². The van der Waals surface area contributed by atoms with Gasteiger partial charge < -0.3 is 15.8 Å². The van der Waals surface area contributed by atoms with Gasteiger partial charge in [0, 0.05) is 17.0 Å². The lowest BCUT2D eigenvalue weighted by molar-refractivity contribution is 0.340. The van der Waals surface area contributed by atoms with E-state index in [1.807, 2.05) is 19.1 Å². The van der Waals surface area contributed by atoms with Gasteiger partial charge in [0.15, 0.2) is 0 Å². The van der Waals surface area contributed by atoms with Crippen molar-refractivity contribution in [1.29, 1.82) is 0 Å². The molecule has 2 heterocycles. The van der Waals surface area contributed by atoms with Gasteiger partial charge >= 0.3 is 0 Å². The number of aryl methyl sites for hydroxylation is 1. The van der Waals surface area contributed by atoms with Crippen LogP contribution in [0.25, 0.3) is 21.3 Å². The van der Waals surface area contributed by atoms with Gasteiger partial charge in [0.25, 0.3) is 0 Å². The van der Waals surface area contributed by atoms with Gasteiger partial charge in [-0.1, -0.05) is 12.1 Å². The summed E-state index contributed by atoms with van der Waals surface area (Å²) in [5.41, 5.74) is 7.93. The first kappa shape index (κ1) is 16.7. The average Bonchev–Trinajstić information content (AvgIpc) is 2.93. The van der Waals surface area contributed by atoms with Gasteiger partial charge in [-0.2, -0.15) is 0 Å². The van der Waals surface area contributed by atoms with Crippen LogP contribution in [-0.4, -0.2) is 29.7 Å². The number of aromatic nitrogens is 2. The van der Waals surface area contributed by atoms with Crippen LogP contribution in [0, 0.1) is 6.92 Å². The molecule has 0 atom stereocenters. The van der Waals surface area contributed by atoms with Crippen LogP contribution in [-0.2, 0) is 0 Å². The molecule has 0 bridgehead atoms. The molecule has 0 fully saturated rings. The highest BCUT2D eigenvalue weighted by Crippen LogP contribution is 2.40. The quantitative estimate of drug-likeness (QED) is 0.639. The van der Waals surface area contributed by atoms with E-state index in [9.17, 15) is 0 Å². The van der Waals surface area contributed by atoms with Crippen LogP contribution in [0.15, 0.2) is 30.6 Å². The summed E-state index contributed by atoms with van der Waals surface area (Å²) in [5, 5.41) is 4.48. The predicted molar refractivity (Wildman–Crippen MR) is 101 cm³/mol. The zero-order valence-corrected chi connectivity index (χ0v) is 14.8. The van der Waals surface area contributed by atoms with E-state index in [1.54, 1.807) is 17.7 Å². The fourth-order valence-corrected chi connectivity index (χ4v) is 3.73. The van der Waals surface area contributed by atoms with E-state index in [1.165, 1.54) is 10.4 Å². The number of benzene rings is 1. The molecule has 0 amide bonds. The number of hydrogen-bond acceptors (Lipinski definition) is 6. The molecule has 6 heteroatoms. The Bertz CT molecular complexity index is 814. The molecule has 0 saturated carbocycles.